The number of aryl methyl sites for hydroxylation is 2. The van der Waals surface area contributed by atoms with Crippen LogP contribution < -0.4 is 26.2 Å². The second-order valence-electron chi connectivity index (χ2n) is 25.8. The van der Waals surface area contributed by atoms with E-state index in [0.29, 0.717) is 5.56 Å². The van der Waals surface area contributed by atoms with E-state index in [-0.39, 0.29) is 44.6 Å². The zero-order valence-electron chi connectivity index (χ0n) is 45.6. The average Bonchev–Trinajstić information content (AvgIpc) is 3.57. The van der Waals surface area contributed by atoms with Crippen molar-refractivity contribution in [1.29, 1.82) is 0 Å². The minimum absolute atomic E-state index is 0.0241. The van der Waals surface area contributed by atoms with E-state index in [4.69, 9.17) is 0 Å². The third-order valence-corrected chi connectivity index (χ3v) is 17.8. The summed E-state index contributed by atoms with van der Waals surface area (Å²) >= 11 is 0. The van der Waals surface area contributed by atoms with Crippen molar-refractivity contribution in [3.8, 4) is 0 Å². The molecule has 0 radical (unpaired) electrons. The molecule has 66 heavy (non-hydrogen) atoms. The maximum absolute atomic E-state index is 9.19. The van der Waals surface area contributed by atoms with Crippen molar-refractivity contribution >= 4 is 57.2 Å². The van der Waals surface area contributed by atoms with Crippen LogP contribution in [0, 0.1) is 13.8 Å². The Morgan fingerprint density at radius 2 is 1.00 bits per heavy atom. The van der Waals surface area contributed by atoms with Gasteiger partial charge in [-0.05, 0) is 186 Å². The molecule has 0 fully saturated rings. The van der Waals surface area contributed by atoms with Gasteiger partial charge in [0, 0.05) is 43.7 Å². The Labute approximate surface area is 402 Å². The third kappa shape index (κ3) is 6.12. The lowest BCUT2D eigenvalue weighted by Gasteiger charge is -2.48. The minimum Gasteiger partial charge on any atom is -0.311 e. The fourth-order valence-electron chi connectivity index (χ4n) is 14.5. The molecule has 6 aromatic carbocycles. The third-order valence-electron chi connectivity index (χ3n) is 17.8. The molecule has 0 spiro atoms. The molecule has 0 amide bonds. The summed E-state index contributed by atoms with van der Waals surface area (Å²) < 4.78 is 27.6. The zero-order valence-corrected chi connectivity index (χ0v) is 42.6. The highest BCUT2D eigenvalue weighted by Gasteiger charge is 2.49. The molecule has 2 nitrogen and oxygen atoms in total. The second-order valence-corrected chi connectivity index (χ2v) is 25.8. The number of nitrogens with zero attached hydrogens (tertiary/aromatic N) is 2. The highest BCUT2D eigenvalue weighted by molar-refractivity contribution is 7.00. The van der Waals surface area contributed by atoms with Crippen molar-refractivity contribution in [3.63, 3.8) is 0 Å². The second kappa shape index (κ2) is 13.6. The predicted octanol–water partition coefficient (Wildman–Crippen LogP) is 15.0. The van der Waals surface area contributed by atoms with Gasteiger partial charge < -0.3 is 9.80 Å². The number of fused-ring (bicyclic) bond motifs is 7. The van der Waals surface area contributed by atoms with Crippen molar-refractivity contribution in [1.82, 2.24) is 0 Å². The van der Waals surface area contributed by atoms with Crippen LogP contribution in [0.15, 0.2) is 103 Å². The highest BCUT2D eigenvalue weighted by Crippen LogP contribution is 2.56. The van der Waals surface area contributed by atoms with E-state index in [9.17, 15) is 4.11 Å². The summed E-state index contributed by atoms with van der Waals surface area (Å²) in [4.78, 5) is 4.96. The Hall–Kier alpha value is -5.02. The number of rotatable bonds is 4. The van der Waals surface area contributed by atoms with Crippen LogP contribution in [-0.2, 0) is 37.9 Å². The Balaban J connectivity index is 1.29. The van der Waals surface area contributed by atoms with Gasteiger partial charge in [0.1, 0.15) is 0 Å². The lowest BCUT2D eigenvalue weighted by atomic mass is 9.33. The quantitative estimate of drug-likeness (QED) is 0.163. The Kier molecular flexibility index (Phi) is 8.25. The summed E-state index contributed by atoms with van der Waals surface area (Å²) in [5.41, 5.74) is 22.3. The Morgan fingerprint density at radius 1 is 0.470 bits per heavy atom. The first-order chi connectivity index (χ1) is 31.9. The van der Waals surface area contributed by atoms with E-state index < -0.39 is 6.85 Å². The van der Waals surface area contributed by atoms with Gasteiger partial charge in [-0.3, -0.25) is 0 Å². The molecule has 3 aliphatic carbocycles. The van der Waals surface area contributed by atoms with Gasteiger partial charge in [-0.1, -0.05) is 158 Å². The smallest absolute Gasteiger partial charge is 0.252 e. The van der Waals surface area contributed by atoms with Crippen LogP contribution >= 0.6 is 0 Å². The average molecular weight is 872 g/mol. The van der Waals surface area contributed by atoms with Crippen LogP contribution in [-0.4, -0.2) is 6.71 Å². The van der Waals surface area contributed by atoms with Gasteiger partial charge in [0.05, 0.1) is 0 Å². The maximum Gasteiger partial charge on any atom is 0.252 e. The molecule has 11 rings (SSSR count). The van der Waals surface area contributed by atoms with E-state index in [1.54, 1.807) is 0 Å². The molecule has 0 N–H and O–H groups in total. The summed E-state index contributed by atoms with van der Waals surface area (Å²) in [7, 11) is 0. The number of benzene rings is 6. The molecule has 338 valence electrons. The predicted molar refractivity (Wildman–Crippen MR) is 285 cm³/mol. The topological polar surface area (TPSA) is 6.48 Å². The Morgan fingerprint density at radius 3 is 1.64 bits per heavy atom. The molecule has 3 heteroatoms. The van der Waals surface area contributed by atoms with Gasteiger partial charge in [-0.15, -0.1) is 0 Å². The van der Waals surface area contributed by atoms with E-state index in [1.807, 2.05) is 12.1 Å². The first-order valence-electron chi connectivity index (χ1n) is 26.4. The van der Waals surface area contributed by atoms with Gasteiger partial charge in [0.2, 0.25) is 0 Å². The first kappa shape index (κ1) is 40.1. The number of hydrogen-bond acceptors (Lipinski definition) is 2. The van der Waals surface area contributed by atoms with Crippen molar-refractivity contribution in [2.24, 2.45) is 0 Å². The van der Waals surface area contributed by atoms with Crippen LogP contribution in [0.1, 0.15) is 182 Å². The molecule has 0 saturated carbocycles. The van der Waals surface area contributed by atoms with Gasteiger partial charge >= 0.3 is 0 Å². The van der Waals surface area contributed by atoms with Crippen LogP contribution in [0.4, 0.5) is 34.1 Å². The maximum atomic E-state index is 9.19. The molecule has 6 aromatic rings. The van der Waals surface area contributed by atoms with E-state index >= 15 is 0 Å². The van der Waals surface area contributed by atoms with Crippen LogP contribution in [0.2, 0.25) is 0 Å². The molecule has 0 unspecified atom stereocenters. The monoisotopic (exact) mass is 872 g/mol. The van der Waals surface area contributed by atoms with Crippen molar-refractivity contribution < 1.29 is 4.11 Å². The summed E-state index contributed by atoms with van der Waals surface area (Å²) in [5.74, 6) is 0. The van der Waals surface area contributed by atoms with Crippen molar-refractivity contribution in [2.75, 3.05) is 9.80 Å². The summed E-state index contributed by atoms with van der Waals surface area (Å²) in [6, 6.07) is 39.4. The van der Waals surface area contributed by atoms with E-state index in [1.165, 1.54) is 66.5 Å². The summed E-state index contributed by atoms with van der Waals surface area (Å²) in [6.45, 7) is 33.3. The minimum atomic E-state index is -2.35. The van der Waals surface area contributed by atoms with Crippen LogP contribution in [0.3, 0.4) is 0 Å². The summed E-state index contributed by atoms with van der Waals surface area (Å²) in [6.07, 6.45) is 4.35. The largest absolute Gasteiger partial charge is 0.311 e. The lowest BCUT2D eigenvalue weighted by molar-refractivity contribution is 0.332. The fraction of sp³-hybridized carbons (Fsp3) is 0.429. The molecule has 0 atom stereocenters. The fourth-order valence-corrected chi connectivity index (χ4v) is 14.5. The zero-order chi connectivity index (χ0) is 49.6. The van der Waals surface area contributed by atoms with Crippen molar-refractivity contribution in [3.05, 3.63) is 159 Å². The Bertz CT molecular complexity index is 3160. The highest BCUT2D eigenvalue weighted by atomic mass is 15.2. The van der Waals surface area contributed by atoms with Crippen molar-refractivity contribution in [2.45, 2.75) is 174 Å². The molecule has 5 aliphatic rings. The molecular formula is C63H73BN2. The van der Waals surface area contributed by atoms with Crippen LogP contribution in [0.5, 0.6) is 0 Å². The lowest BCUT2D eigenvalue weighted by Crippen LogP contribution is -2.62. The number of anilines is 6. The number of hydrogen-bond donors (Lipinski definition) is 0. The molecule has 0 bridgehead atoms. The SMILES string of the molecule is [2H]C([2H])([2H])c1cc2c3c(c1)N(c1cc4c(cc1C)C(C)(C)CC4(C)C)c1cc4c(cc1B3c1cc(C(C)(C)c3ccccc3)ccc1N2c1ccc2c(c1)C(C)(C)CC2(C)C)C(C)(C)CCC4(C)C. The standard InChI is InChI=1S/C63H73BN2/c1-38-28-54-56-55(29-38)66(52-34-48-44(30-39(52)2)60(9,10)37-62(48,13)14)53-35-47-46(57(3,4)26-27-58(47,5)6)33-50(53)64(56)49-31-41(63(15,16)40-20-18-17-19-21-40)22-25-51(49)65(54)42-23-24-43-45(32-42)61(11,12)36-59(43,7)8/h17-25,28-35H,26-27,36-37H2,1-16H3/i1D3. The molecule has 0 aromatic heterocycles. The normalized spacial score (nSPS) is 21.4. The molecule has 2 aliphatic heterocycles. The summed E-state index contributed by atoms with van der Waals surface area (Å²) in [5, 5.41) is 0. The van der Waals surface area contributed by atoms with Gasteiger partial charge in [0.15, 0.2) is 0 Å². The van der Waals surface area contributed by atoms with Gasteiger partial charge in [-0.2, -0.15) is 0 Å². The first-order valence-corrected chi connectivity index (χ1v) is 24.9. The van der Waals surface area contributed by atoms with E-state index in [0.717, 1.165) is 59.8 Å². The molecule has 2 heterocycles. The van der Waals surface area contributed by atoms with Gasteiger partial charge in [-0.25, -0.2) is 0 Å². The van der Waals surface area contributed by atoms with E-state index in [2.05, 4.69) is 205 Å². The van der Waals surface area contributed by atoms with Crippen LogP contribution in [0.25, 0.3) is 0 Å². The molecular weight excluding hydrogens is 796 g/mol. The molecule has 0 saturated heterocycles. The van der Waals surface area contributed by atoms with Gasteiger partial charge in [0.25, 0.3) is 6.71 Å².